The highest BCUT2D eigenvalue weighted by Crippen LogP contribution is 2.20. The Morgan fingerprint density at radius 2 is 2.20 bits per heavy atom. The van der Waals surface area contributed by atoms with Gasteiger partial charge in [0.25, 0.3) is 5.91 Å². The van der Waals surface area contributed by atoms with Gasteiger partial charge in [-0.3, -0.25) is 9.59 Å². The first-order chi connectivity index (χ1) is 7.08. The van der Waals surface area contributed by atoms with E-state index in [-0.39, 0.29) is 24.8 Å². The second-order valence-corrected chi connectivity index (χ2v) is 3.67. The van der Waals surface area contributed by atoms with Gasteiger partial charge in [-0.05, 0) is 0 Å². The zero-order valence-electron chi connectivity index (χ0n) is 8.68. The normalized spacial score (nSPS) is 18.4. The molecule has 1 unspecified atom stereocenters. The summed E-state index contributed by atoms with van der Waals surface area (Å²) in [5, 5.41) is 8.53. The van der Waals surface area contributed by atoms with Crippen LogP contribution in [0.1, 0.15) is 6.42 Å². The summed E-state index contributed by atoms with van der Waals surface area (Å²) in [7, 11) is 1.43. The fourth-order valence-corrected chi connectivity index (χ4v) is 1.63. The van der Waals surface area contributed by atoms with Crippen molar-refractivity contribution >= 4 is 11.9 Å². The van der Waals surface area contributed by atoms with Crippen molar-refractivity contribution in [2.24, 2.45) is 11.7 Å². The highest BCUT2D eigenvalue weighted by molar-refractivity contribution is 5.82. The number of methoxy groups -OCH3 is 1. The van der Waals surface area contributed by atoms with Crippen LogP contribution in [0.15, 0.2) is 0 Å². The number of hydrogen-bond acceptors (Lipinski definition) is 4. The molecule has 6 nitrogen and oxygen atoms in total. The minimum absolute atomic E-state index is 0.0710. The topological polar surface area (TPSA) is 92.9 Å². The second-order valence-electron chi connectivity index (χ2n) is 3.67. The number of carbonyl (C=O) groups excluding carboxylic acids is 1. The molecule has 1 fully saturated rings. The van der Waals surface area contributed by atoms with Crippen LogP contribution in [0, 0.1) is 5.92 Å². The predicted molar refractivity (Wildman–Crippen MR) is 52.2 cm³/mol. The van der Waals surface area contributed by atoms with E-state index >= 15 is 0 Å². The minimum Gasteiger partial charge on any atom is -0.481 e. The van der Waals surface area contributed by atoms with Crippen LogP contribution in [0.5, 0.6) is 0 Å². The molecule has 1 aliphatic heterocycles. The molecule has 0 aromatic heterocycles. The van der Waals surface area contributed by atoms with Crippen LogP contribution in [-0.2, 0) is 14.3 Å². The number of carbonyl (C=O) groups is 2. The summed E-state index contributed by atoms with van der Waals surface area (Å²) >= 11 is 0. The minimum atomic E-state index is -0.825. The first-order valence-electron chi connectivity index (χ1n) is 4.82. The highest BCUT2D eigenvalue weighted by atomic mass is 16.5. The van der Waals surface area contributed by atoms with E-state index in [2.05, 4.69) is 0 Å². The maximum absolute atomic E-state index is 11.6. The van der Waals surface area contributed by atoms with Crippen LogP contribution >= 0.6 is 0 Å². The molecule has 0 radical (unpaired) electrons. The summed E-state index contributed by atoms with van der Waals surface area (Å²) < 4.78 is 4.90. The van der Waals surface area contributed by atoms with Crippen molar-refractivity contribution in [2.75, 3.05) is 26.7 Å². The van der Waals surface area contributed by atoms with Gasteiger partial charge in [-0.25, -0.2) is 0 Å². The van der Waals surface area contributed by atoms with Crippen molar-refractivity contribution in [2.45, 2.75) is 12.5 Å². The Morgan fingerprint density at radius 1 is 1.60 bits per heavy atom. The number of amides is 1. The van der Waals surface area contributed by atoms with Gasteiger partial charge in [-0.2, -0.15) is 0 Å². The number of likely N-dealkylation sites (tertiary alicyclic amines) is 1. The molecule has 0 aromatic rings. The number of carboxylic acid groups (broad SMARTS) is 1. The molecule has 6 heteroatoms. The maximum atomic E-state index is 11.6. The largest absolute Gasteiger partial charge is 0.481 e. The lowest BCUT2D eigenvalue weighted by Crippen LogP contribution is -2.55. The molecule has 0 aliphatic carbocycles. The Hall–Kier alpha value is -1.14. The molecule has 1 atom stereocenters. The summed E-state index contributed by atoms with van der Waals surface area (Å²) in [6.45, 7) is 1.13. The number of hydrogen-bond donors (Lipinski definition) is 2. The number of ether oxygens (including phenoxy) is 1. The zero-order chi connectivity index (χ0) is 11.4. The van der Waals surface area contributed by atoms with Crippen molar-refractivity contribution in [3.63, 3.8) is 0 Å². The van der Waals surface area contributed by atoms with Crippen LogP contribution in [0.2, 0.25) is 0 Å². The van der Waals surface area contributed by atoms with Gasteiger partial charge in [0.1, 0.15) is 6.10 Å². The Bertz CT molecular complexity index is 246. The van der Waals surface area contributed by atoms with E-state index in [9.17, 15) is 9.59 Å². The highest BCUT2D eigenvalue weighted by Gasteiger charge is 2.34. The molecule has 1 saturated heterocycles. The molecule has 1 rings (SSSR count). The molecule has 0 spiro atoms. The first-order valence-corrected chi connectivity index (χ1v) is 4.82. The molecular formula is C9H16N2O4. The zero-order valence-corrected chi connectivity index (χ0v) is 8.68. The lowest BCUT2D eigenvalue weighted by atomic mass is 9.96. The van der Waals surface area contributed by atoms with Crippen LogP contribution in [0.4, 0.5) is 0 Å². The third-order valence-corrected chi connectivity index (χ3v) is 2.51. The maximum Gasteiger partial charge on any atom is 0.303 e. The number of nitrogens with two attached hydrogens (primary N) is 1. The van der Waals surface area contributed by atoms with E-state index in [0.717, 1.165) is 0 Å². The monoisotopic (exact) mass is 216 g/mol. The molecule has 3 N–H and O–H groups in total. The fraction of sp³-hybridized carbons (Fsp3) is 0.778. The molecule has 1 heterocycles. The van der Waals surface area contributed by atoms with E-state index in [0.29, 0.717) is 13.1 Å². The average Bonchev–Trinajstić information content (AvgIpc) is 2.12. The lowest BCUT2D eigenvalue weighted by Gasteiger charge is -2.40. The van der Waals surface area contributed by atoms with Gasteiger partial charge in [-0.15, -0.1) is 0 Å². The quantitative estimate of drug-likeness (QED) is 0.608. The Labute approximate surface area is 88.0 Å². The summed E-state index contributed by atoms with van der Waals surface area (Å²) in [6, 6.07) is 0. The van der Waals surface area contributed by atoms with Crippen molar-refractivity contribution in [3.8, 4) is 0 Å². The third kappa shape index (κ3) is 2.90. The molecule has 0 saturated carbocycles. The molecule has 1 aliphatic rings. The number of rotatable bonds is 5. The Balaban J connectivity index is 2.31. The average molecular weight is 216 g/mol. The van der Waals surface area contributed by atoms with E-state index in [1.807, 2.05) is 0 Å². The van der Waals surface area contributed by atoms with E-state index in [1.165, 1.54) is 7.11 Å². The number of nitrogens with zero attached hydrogens (tertiary/aromatic N) is 1. The Kier molecular flexibility index (Phi) is 4.05. The summed E-state index contributed by atoms with van der Waals surface area (Å²) in [5.74, 6) is -0.905. The molecule has 15 heavy (non-hydrogen) atoms. The van der Waals surface area contributed by atoms with Crippen molar-refractivity contribution in [1.29, 1.82) is 0 Å². The third-order valence-electron chi connectivity index (χ3n) is 2.51. The smallest absolute Gasteiger partial charge is 0.303 e. The second kappa shape index (κ2) is 5.09. The van der Waals surface area contributed by atoms with E-state index in [4.69, 9.17) is 15.6 Å². The predicted octanol–water partition coefficient (Wildman–Crippen LogP) is -1.11. The standard InChI is InChI=1S/C9H16N2O4/c1-15-7(3-10)9(14)11-4-6(5-11)2-8(12)13/h6-7H,2-5,10H2,1H3,(H,12,13). The SMILES string of the molecule is COC(CN)C(=O)N1CC(CC(=O)O)C1. The van der Waals surface area contributed by atoms with Crippen molar-refractivity contribution in [3.05, 3.63) is 0 Å². The van der Waals surface area contributed by atoms with Gasteiger partial charge >= 0.3 is 5.97 Å². The van der Waals surface area contributed by atoms with Crippen LogP contribution in [0.3, 0.4) is 0 Å². The summed E-state index contributed by atoms with van der Waals surface area (Å²) in [4.78, 5) is 23.5. The molecular weight excluding hydrogens is 200 g/mol. The summed E-state index contributed by atoms with van der Waals surface area (Å²) in [5.41, 5.74) is 5.35. The van der Waals surface area contributed by atoms with Gasteiger partial charge < -0.3 is 20.5 Å². The van der Waals surface area contributed by atoms with Crippen LogP contribution in [0.25, 0.3) is 0 Å². The lowest BCUT2D eigenvalue weighted by molar-refractivity contribution is -0.151. The van der Waals surface area contributed by atoms with Crippen molar-refractivity contribution in [1.82, 2.24) is 4.90 Å². The van der Waals surface area contributed by atoms with Gasteiger partial charge in [0.05, 0.1) is 6.42 Å². The molecule has 1 amide bonds. The number of carboxylic acids is 1. The summed E-state index contributed by atoms with van der Waals surface area (Å²) in [6.07, 6.45) is -0.486. The first kappa shape index (κ1) is 11.9. The Morgan fingerprint density at radius 3 is 2.60 bits per heavy atom. The van der Waals surface area contributed by atoms with Crippen LogP contribution in [-0.4, -0.2) is 54.7 Å². The molecule has 0 bridgehead atoms. The van der Waals surface area contributed by atoms with Gasteiger partial charge in [0.2, 0.25) is 0 Å². The van der Waals surface area contributed by atoms with Gasteiger partial charge in [0.15, 0.2) is 0 Å². The molecule has 86 valence electrons. The number of aliphatic carboxylic acids is 1. The van der Waals surface area contributed by atoms with E-state index < -0.39 is 12.1 Å². The molecule has 0 aromatic carbocycles. The van der Waals surface area contributed by atoms with Gasteiger partial charge in [-0.1, -0.05) is 0 Å². The van der Waals surface area contributed by atoms with Crippen LogP contribution < -0.4 is 5.73 Å². The fourth-order valence-electron chi connectivity index (χ4n) is 1.63. The van der Waals surface area contributed by atoms with E-state index in [1.54, 1.807) is 4.90 Å². The van der Waals surface area contributed by atoms with Gasteiger partial charge in [0, 0.05) is 32.7 Å². The van der Waals surface area contributed by atoms with Crippen molar-refractivity contribution < 1.29 is 19.4 Å².